The average Bonchev–Trinajstić information content (AvgIpc) is 0.781. The Morgan fingerprint density at radius 1 is 0.359 bits per heavy atom. The summed E-state index contributed by atoms with van der Waals surface area (Å²) in [7, 11) is 0. The molecular weight excluding hydrogens is 1310 g/mol. The lowest BCUT2D eigenvalue weighted by Gasteiger charge is -2.48. The van der Waals surface area contributed by atoms with E-state index in [2.05, 4.69) is 104 Å². The van der Waals surface area contributed by atoms with Crippen molar-refractivity contribution >= 4 is 5.91 Å². The standard InChI is InChI=1S/C84H149NO18/c1-3-5-7-9-11-13-15-17-19-21-23-25-26-27-28-29-30-31-32-33-34-35-36-37-38-39-40-42-44-46-48-50-52-54-56-58-60-62-72(90)85-67(68(89)61-59-57-55-53-51-49-47-45-43-41-24-22-20-18-16-14-12-10-8-6-4-2)66-98-82-78(96)75(93)80(70(64-87)100-82)103-84-79(97)76(94)81(71(65-88)101-84)102-83-77(95)74(92)73(91)69(63-86)99-83/h5,7,11,13,17,19,23,25,27-28,30-31,33-34,67-71,73-84,86-89,91-97H,3-4,6,8-10,12,14-16,18,20-22,24,26,29,32,35-66H2,1-2H3,(H,85,90)/b7-5-,13-11-,19-17-,25-23-,28-27-,31-30-,34-33-. The summed E-state index contributed by atoms with van der Waals surface area (Å²) in [6.07, 6.45) is 58.1. The third-order valence-electron chi connectivity index (χ3n) is 20.2. The summed E-state index contributed by atoms with van der Waals surface area (Å²) in [5.74, 6) is -0.242. The molecule has 0 radical (unpaired) electrons. The molecule has 0 saturated carbocycles. The number of rotatable bonds is 65. The van der Waals surface area contributed by atoms with Gasteiger partial charge >= 0.3 is 0 Å². The van der Waals surface area contributed by atoms with Crippen LogP contribution in [0.1, 0.15) is 309 Å². The normalized spacial score (nSPS) is 26.5. The average molecular weight is 1460 g/mol. The highest BCUT2D eigenvalue weighted by atomic mass is 16.8. The number of hydrogen-bond donors (Lipinski definition) is 12. The highest BCUT2D eigenvalue weighted by Crippen LogP contribution is 2.33. The maximum atomic E-state index is 13.5. The Morgan fingerprint density at radius 2 is 0.670 bits per heavy atom. The summed E-state index contributed by atoms with van der Waals surface area (Å²) in [5, 5.41) is 121. The molecule has 12 N–H and O–H groups in total. The highest BCUT2D eigenvalue weighted by molar-refractivity contribution is 5.76. The SMILES string of the molecule is CC/C=C\C/C=C\C/C=C\C/C=C\C/C=C\C/C=C\C/C=C\CCCCCCCCCCCCCCCCCC(=O)NC(COC1OC(CO)C(OC2OC(CO)C(OC3OC(CO)C(O)C(O)C3O)C(O)C2O)C(O)C1O)C(O)CCCCCCCCCCCCCCCCCCCCCCC. The number of amides is 1. The van der Waals surface area contributed by atoms with Crippen molar-refractivity contribution < 1.29 is 89.4 Å². The lowest BCUT2D eigenvalue weighted by Crippen LogP contribution is -2.66. The minimum atomic E-state index is -1.98. The molecule has 19 nitrogen and oxygen atoms in total. The number of aliphatic hydroxyl groups excluding tert-OH is 11. The van der Waals surface area contributed by atoms with Crippen molar-refractivity contribution in [3.05, 3.63) is 85.1 Å². The van der Waals surface area contributed by atoms with Gasteiger partial charge in [-0.1, -0.05) is 317 Å². The molecule has 598 valence electrons. The fraction of sp³-hybridized carbons (Fsp3) is 0.821. The molecule has 103 heavy (non-hydrogen) atoms. The van der Waals surface area contributed by atoms with Crippen molar-refractivity contribution in [2.24, 2.45) is 0 Å². The minimum Gasteiger partial charge on any atom is -0.394 e. The molecule has 0 aromatic heterocycles. The largest absolute Gasteiger partial charge is 0.394 e. The van der Waals surface area contributed by atoms with Crippen molar-refractivity contribution in [1.29, 1.82) is 0 Å². The number of aliphatic hydroxyl groups is 11. The van der Waals surface area contributed by atoms with Gasteiger partial charge in [-0.25, -0.2) is 0 Å². The molecule has 17 atom stereocenters. The Morgan fingerprint density at radius 3 is 1.05 bits per heavy atom. The third-order valence-corrected chi connectivity index (χ3v) is 20.2. The zero-order valence-electron chi connectivity index (χ0n) is 64.0. The molecule has 0 bridgehead atoms. The zero-order chi connectivity index (χ0) is 74.6. The Kier molecular flexibility index (Phi) is 58.4. The number of ether oxygens (including phenoxy) is 6. The van der Waals surface area contributed by atoms with E-state index in [4.69, 9.17) is 28.4 Å². The van der Waals surface area contributed by atoms with Crippen LogP contribution < -0.4 is 5.32 Å². The first-order valence-corrected chi connectivity index (χ1v) is 41.3. The van der Waals surface area contributed by atoms with Crippen LogP contribution in [0.5, 0.6) is 0 Å². The van der Waals surface area contributed by atoms with Crippen LogP contribution in [-0.2, 0) is 33.2 Å². The van der Waals surface area contributed by atoms with E-state index < -0.39 is 124 Å². The van der Waals surface area contributed by atoms with Crippen LogP contribution in [-0.4, -0.2) is 193 Å². The van der Waals surface area contributed by atoms with Gasteiger partial charge in [0.2, 0.25) is 5.91 Å². The molecule has 0 aromatic rings. The first-order chi connectivity index (χ1) is 50.3. The third kappa shape index (κ3) is 43.7. The number of nitrogens with one attached hydrogen (secondary N) is 1. The van der Waals surface area contributed by atoms with Crippen LogP contribution in [0.15, 0.2) is 85.1 Å². The van der Waals surface area contributed by atoms with Gasteiger partial charge in [0, 0.05) is 6.42 Å². The van der Waals surface area contributed by atoms with Gasteiger partial charge in [0.05, 0.1) is 38.6 Å². The van der Waals surface area contributed by atoms with Gasteiger partial charge in [0.1, 0.15) is 73.2 Å². The number of unbranched alkanes of at least 4 members (excludes halogenated alkanes) is 35. The summed E-state index contributed by atoms with van der Waals surface area (Å²) < 4.78 is 34.5. The van der Waals surface area contributed by atoms with Crippen molar-refractivity contribution in [1.82, 2.24) is 5.32 Å². The van der Waals surface area contributed by atoms with E-state index in [0.29, 0.717) is 12.8 Å². The maximum absolute atomic E-state index is 13.5. The van der Waals surface area contributed by atoms with Crippen molar-refractivity contribution in [2.75, 3.05) is 26.4 Å². The van der Waals surface area contributed by atoms with Gasteiger partial charge in [-0.2, -0.15) is 0 Å². The summed E-state index contributed by atoms with van der Waals surface area (Å²) in [6.45, 7) is 1.72. The zero-order valence-corrected chi connectivity index (χ0v) is 64.0. The van der Waals surface area contributed by atoms with Gasteiger partial charge in [-0.3, -0.25) is 4.79 Å². The van der Waals surface area contributed by atoms with Gasteiger partial charge in [-0.15, -0.1) is 0 Å². The minimum absolute atomic E-state index is 0.242. The molecule has 3 aliphatic rings. The summed E-state index contributed by atoms with van der Waals surface area (Å²) >= 11 is 0. The number of carbonyl (C=O) groups excluding carboxylic acids is 1. The molecule has 3 fully saturated rings. The van der Waals surface area contributed by atoms with E-state index in [-0.39, 0.29) is 18.9 Å². The molecule has 1 amide bonds. The first-order valence-electron chi connectivity index (χ1n) is 41.3. The molecule has 0 spiro atoms. The number of allylic oxidation sites excluding steroid dienone is 14. The van der Waals surface area contributed by atoms with E-state index in [1.54, 1.807) is 0 Å². The lowest BCUT2D eigenvalue weighted by atomic mass is 9.96. The van der Waals surface area contributed by atoms with Crippen molar-refractivity contribution in [2.45, 2.75) is 413 Å². The molecule has 3 rings (SSSR count). The van der Waals surface area contributed by atoms with E-state index in [0.717, 1.165) is 96.3 Å². The Bertz CT molecular complexity index is 2190. The van der Waals surface area contributed by atoms with Crippen molar-refractivity contribution in [3.8, 4) is 0 Å². The molecule has 3 heterocycles. The fourth-order valence-electron chi connectivity index (χ4n) is 13.7. The van der Waals surface area contributed by atoms with E-state index in [1.165, 1.54) is 180 Å². The van der Waals surface area contributed by atoms with Gasteiger partial charge < -0.3 is 89.9 Å². The van der Waals surface area contributed by atoms with E-state index >= 15 is 0 Å². The lowest BCUT2D eigenvalue weighted by molar-refractivity contribution is -0.379. The van der Waals surface area contributed by atoms with Crippen molar-refractivity contribution in [3.63, 3.8) is 0 Å². The van der Waals surface area contributed by atoms with Crippen LogP contribution in [0.3, 0.4) is 0 Å². The van der Waals surface area contributed by atoms with E-state index in [1.807, 2.05) is 0 Å². The molecule has 3 aliphatic heterocycles. The topological polar surface area (TPSA) is 307 Å². The summed E-state index contributed by atoms with van der Waals surface area (Å²) in [6, 6.07) is -0.892. The number of carbonyl (C=O) groups is 1. The summed E-state index contributed by atoms with van der Waals surface area (Å²) in [5.41, 5.74) is 0. The molecule has 3 saturated heterocycles. The Balaban J connectivity index is 1.33. The molecule has 0 aliphatic carbocycles. The second-order valence-electron chi connectivity index (χ2n) is 29.2. The molecule has 19 heteroatoms. The van der Waals surface area contributed by atoms with Crippen LogP contribution in [0.2, 0.25) is 0 Å². The van der Waals surface area contributed by atoms with Crippen LogP contribution >= 0.6 is 0 Å². The molecule has 17 unspecified atom stereocenters. The fourth-order valence-corrected chi connectivity index (χ4v) is 13.7. The van der Waals surface area contributed by atoms with Crippen LogP contribution in [0.4, 0.5) is 0 Å². The second kappa shape index (κ2) is 63.9. The predicted octanol–water partition coefficient (Wildman–Crippen LogP) is 14.2. The molecule has 0 aromatic carbocycles. The first kappa shape index (κ1) is 94.2. The quantitative estimate of drug-likeness (QED) is 0.0199. The monoisotopic (exact) mass is 1460 g/mol. The maximum Gasteiger partial charge on any atom is 0.220 e. The molecular formula is C84H149NO18. The van der Waals surface area contributed by atoms with Gasteiger partial charge in [-0.05, 0) is 70.6 Å². The van der Waals surface area contributed by atoms with E-state index in [9.17, 15) is 61.0 Å². The van der Waals surface area contributed by atoms with Gasteiger partial charge in [0.15, 0.2) is 18.9 Å². The van der Waals surface area contributed by atoms with Crippen LogP contribution in [0.25, 0.3) is 0 Å². The smallest absolute Gasteiger partial charge is 0.220 e. The Labute approximate surface area is 622 Å². The van der Waals surface area contributed by atoms with Gasteiger partial charge in [0.25, 0.3) is 0 Å². The van der Waals surface area contributed by atoms with Crippen LogP contribution in [0, 0.1) is 0 Å². The highest BCUT2D eigenvalue weighted by Gasteiger charge is 2.54. The predicted molar refractivity (Wildman–Crippen MR) is 411 cm³/mol. The summed E-state index contributed by atoms with van der Waals surface area (Å²) in [4.78, 5) is 13.5. The second-order valence-corrected chi connectivity index (χ2v) is 29.2. The Hall–Kier alpha value is -3.03. The number of hydrogen-bond acceptors (Lipinski definition) is 18.